The third-order valence-corrected chi connectivity index (χ3v) is 5.84. The molecule has 0 aromatic carbocycles. The van der Waals surface area contributed by atoms with Crippen LogP contribution in [0.1, 0.15) is 18.5 Å². The number of nitrogen functional groups attached to an aromatic ring is 1. The Morgan fingerprint density at radius 3 is 2.72 bits per heavy atom. The second-order valence-electron chi connectivity index (χ2n) is 5.98. The molecule has 0 radical (unpaired) electrons. The van der Waals surface area contributed by atoms with E-state index >= 15 is 0 Å². The number of pyridine rings is 1. The van der Waals surface area contributed by atoms with Gasteiger partial charge in [0.05, 0.1) is 23.0 Å². The molecule has 0 saturated carbocycles. The largest absolute Gasteiger partial charge is 0.382 e. The lowest BCUT2D eigenvalue weighted by Gasteiger charge is -2.35. The third-order valence-electron chi connectivity index (χ3n) is 4.18. The highest BCUT2D eigenvalue weighted by atomic mass is 35.5. The van der Waals surface area contributed by atoms with E-state index in [0.29, 0.717) is 36.8 Å². The number of hydrogen-bond donors (Lipinski definition) is 2. The molecule has 0 atom stereocenters. The summed E-state index contributed by atoms with van der Waals surface area (Å²) in [5, 5.41) is 10.3. The average molecular weight is 376 g/mol. The molecule has 4 N–H and O–H groups in total. The highest BCUT2D eigenvalue weighted by molar-refractivity contribution is 7.99. The van der Waals surface area contributed by atoms with Crippen molar-refractivity contribution in [3.63, 3.8) is 0 Å². The third kappa shape index (κ3) is 3.79. The minimum absolute atomic E-state index is 0.296. The van der Waals surface area contributed by atoms with Gasteiger partial charge in [-0.05, 0) is 25.8 Å². The molecule has 1 aliphatic rings. The van der Waals surface area contributed by atoms with Gasteiger partial charge in [0.25, 0.3) is 0 Å². The normalized spacial score (nSPS) is 16.5. The summed E-state index contributed by atoms with van der Waals surface area (Å²) in [6.07, 6.45) is 4.59. The molecule has 2 aromatic rings. The number of aromatic nitrogens is 3. The van der Waals surface area contributed by atoms with Crippen molar-refractivity contribution in [1.29, 1.82) is 5.26 Å². The molecule has 7 nitrogen and oxygen atoms in total. The van der Waals surface area contributed by atoms with Gasteiger partial charge in [-0.3, -0.25) is 0 Å². The number of halogens is 1. The van der Waals surface area contributed by atoms with E-state index in [9.17, 15) is 0 Å². The summed E-state index contributed by atoms with van der Waals surface area (Å²) < 4.78 is 0. The van der Waals surface area contributed by atoms with Crippen molar-refractivity contribution in [2.45, 2.75) is 35.2 Å². The second kappa shape index (κ2) is 7.04. The highest BCUT2D eigenvalue weighted by Gasteiger charge is 2.31. The summed E-state index contributed by atoms with van der Waals surface area (Å²) in [6.45, 7) is 3.29. The molecule has 1 fully saturated rings. The fourth-order valence-corrected chi connectivity index (χ4v) is 3.64. The summed E-state index contributed by atoms with van der Waals surface area (Å²) in [4.78, 5) is 16.0. The zero-order valence-electron chi connectivity index (χ0n) is 13.7. The first-order chi connectivity index (χ1) is 11.9. The molecular formula is C16H18ClN7S. The van der Waals surface area contributed by atoms with Gasteiger partial charge in [0.2, 0.25) is 0 Å². The maximum absolute atomic E-state index is 9.12. The van der Waals surface area contributed by atoms with Crippen LogP contribution in [0.3, 0.4) is 0 Å². The van der Waals surface area contributed by atoms with Gasteiger partial charge in [-0.25, -0.2) is 15.0 Å². The molecule has 9 heteroatoms. The van der Waals surface area contributed by atoms with E-state index < -0.39 is 5.54 Å². The van der Waals surface area contributed by atoms with Gasteiger partial charge in [0.15, 0.2) is 0 Å². The SMILES string of the molecule is Cc1nc(N2CCC(N)(C#N)CC2)cnc1Sc1ccnc(N)c1Cl. The number of nitriles is 1. The number of anilines is 2. The predicted molar refractivity (Wildman–Crippen MR) is 98.5 cm³/mol. The van der Waals surface area contributed by atoms with Crippen LogP contribution < -0.4 is 16.4 Å². The first-order valence-corrected chi connectivity index (χ1v) is 8.98. The maximum Gasteiger partial charge on any atom is 0.147 e. The average Bonchev–Trinajstić information content (AvgIpc) is 2.61. The van der Waals surface area contributed by atoms with Crippen LogP contribution in [-0.2, 0) is 0 Å². The summed E-state index contributed by atoms with van der Waals surface area (Å²) in [7, 11) is 0. The lowest BCUT2D eigenvalue weighted by Crippen LogP contribution is -2.49. The molecule has 0 spiro atoms. The monoisotopic (exact) mass is 375 g/mol. The van der Waals surface area contributed by atoms with E-state index in [1.54, 1.807) is 18.5 Å². The van der Waals surface area contributed by atoms with E-state index in [-0.39, 0.29) is 0 Å². The van der Waals surface area contributed by atoms with Crippen LogP contribution in [0, 0.1) is 18.3 Å². The quantitative estimate of drug-likeness (QED) is 0.839. The Morgan fingerprint density at radius 1 is 1.36 bits per heavy atom. The number of rotatable bonds is 3. The Bertz CT molecular complexity index is 828. The minimum Gasteiger partial charge on any atom is -0.382 e. The van der Waals surface area contributed by atoms with E-state index in [1.807, 2.05) is 6.92 Å². The van der Waals surface area contributed by atoms with Crippen LogP contribution >= 0.6 is 23.4 Å². The maximum atomic E-state index is 9.12. The number of piperidine rings is 1. The van der Waals surface area contributed by atoms with Crippen molar-refractivity contribution in [2.75, 3.05) is 23.7 Å². The van der Waals surface area contributed by atoms with Crippen molar-refractivity contribution in [3.05, 3.63) is 29.2 Å². The van der Waals surface area contributed by atoms with Gasteiger partial charge < -0.3 is 16.4 Å². The van der Waals surface area contributed by atoms with Crippen LogP contribution in [0.25, 0.3) is 0 Å². The number of nitrogens with zero attached hydrogens (tertiary/aromatic N) is 5. The Hall–Kier alpha value is -2.08. The lowest BCUT2D eigenvalue weighted by molar-refractivity contribution is 0.413. The summed E-state index contributed by atoms with van der Waals surface area (Å²) in [5.74, 6) is 1.09. The second-order valence-corrected chi connectivity index (χ2v) is 7.39. The van der Waals surface area contributed by atoms with Crippen molar-refractivity contribution in [1.82, 2.24) is 15.0 Å². The molecule has 0 bridgehead atoms. The Morgan fingerprint density at radius 2 is 2.08 bits per heavy atom. The molecule has 1 saturated heterocycles. The predicted octanol–water partition coefficient (Wildman–Crippen LogP) is 2.39. The van der Waals surface area contributed by atoms with Crippen LogP contribution in [0.15, 0.2) is 28.4 Å². The first kappa shape index (κ1) is 17.7. The van der Waals surface area contributed by atoms with Gasteiger partial charge >= 0.3 is 0 Å². The molecule has 2 aromatic heterocycles. The van der Waals surface area contributed by atoms with E-state index in [0.717, 1.165) is 21.4 Å². The van der Waals surface area contributed by atoms with Gasteiger partial charge in [0, 0.05) is 24.2 Å². The zero-order chi connectivity index (χ0) is 18.0. The Kier molecular flexibility index (Phi) is 4.99. The van der Waals surface area contributed by atoms with Crippen LogP contribution in [0.4, 0.5) is 11.6 Å². The van der Waals surface area contributed by atoms with E-state index in [2.05, 4.69) is 25.9 Å². The van der Waals surface area contributed by atoms with E-state index in [4.69, 9.17) is 28.3 Å². The van der Waals surface area contributed by atoms with Crippen molar-refractivity contribution in [3.8, 4) is 6.07 Å². The molecule has 0 amide bonds. The van der Waals surface area contributed by atoms with Gasteiger partial charge in [-0.2, -0.15) is 5.26 Å². The fourth-order valence-electron chi connectivity index (χ4n) is 2.58. The van der Waals surface area contributed by atoms with Crippen molar-refractivity contribution < 1.29 is 0 Å². The summed E-state index contributed by atoms with van der Waals surface area (Å²) in [6, 6.07) is 3.99. The summed E-state index contributed by atoms with van der Waals surface area (Å²) in [5.41, 5.74) is 11.8. The smallest absolute Gasteiger partial charge is 0.147 e. The number of aryl methyl sites for hydroxylation is 1. The number of hydrogen-bond acceptors (Lipinski definition) is 8. The topological polar surface area (TPSA) is 118 Å². The molecule has 3 heterocycles. The molecule has 130 valence electrons. The van der Waals surface area contributed by atoms with Gasteiger partial charge in [0.1, 0.15) is 22.2 Å². The van der Waals surface area contributed by atoms with Gasteiger partial charge in [-0.15, -0.1) is 0 Å². The molecule has 25 heavy (non-hydrogen) atoms. The van der Waals surface area contributed by atoms with Crippen molar-refractivity contribution in [2.24, 2.45) is 5.73 Å². The molecule has 0 unspecified atom stereocenters. The fraction of sp³-hybridized carbons (Fsp3) is 0.375. The zero-order valence-corrected chi connectivity index (χ0v) is 15.3. The Labute approximate surface area is 155 Å². The molecule has 1 aliphatic heterocycles. The number of nitrogens with two attached hydrogens (primary N) is 2. The lowest BCUT2D eigenvalue weighted by atomic mass is 9.90. The molecular weight excluding hydrogens is 358 g/mol. The van der Waals surface area contributed by atoms with Crippen LogP contribution in [-0.4, -0.2) is 33.6 Å². The highest BCUT2D eigenvalue weighted by Crippen LogP contribution is 2.35. The van der Waals surface area contributed by atoms with Crippen molar-refractivity contribution >= 4 is 35.0 Å². The van der Waals surface area contributed by atoms with E-state index in [1.165, 1.54) is 11.8 Å². The molecule has 3 rings (SSSR count). The summed E-state index contributed by atoms with van der Waals surface area (Å²) >= 11 is 7.59. The standard InChI is InChI=1S/C16H18ClN7S/c1-10-15(25-11-2-5-21-14(19)13(11)17)22-8-12(23-10)24-6-3-16(20,9-18)4-7-24/h2,5,8H,3-4,6-7,20H2,1H3,(H2,19,21). The Balaban J connectivity index is 1.76. The minimum atomic E-state index is -0.729. The van der Waals surface area contributed by atoms with Gasteiger partial charge in [-0.1, -0.05) is 23.4 Å². The van der Waals surface area contributed by atoms with Crippen LogP contribution in [0.2, 0.25) is 5.02 Å². The first-order valence-electron chi connectivity index (χ1n) is 7.78. The van der Waals surface area contributed by atoms with Crippen LogP contribution in [0.5, 0.6) is 0 Å². The molecule has 0 aliphatic carbocycles.